The molecule has 1 atom stereocenters. The third kappa shape index (κ3) is 3.44. The normalized spacial score (nSPS) is 11.7. The number of anilines is 1. The zero-order valence-corrected chi connectivity index (χ0v) is 11.6. The summed E-state index contributed by atoms with van der Waals surface area (Å²) in [6.45, 7) is 0.501. The van der Waals surface area contributed by atoms with Crippen molar-refractivity contribution >= 4 is 17.4 Å². The Morgan fingerprint density at radius 3 is 2.70 bits per heavy atom. The van der Waals surface area contributed by atoms with Crippen LogP contribution in [0.2, 0.25) is 5.02 Å². The molecule has 0 saturated carbocycles. The molecule has 0 aliphatic rings. The van der Waals surface area contributed by atoms with Gasteiger partial charge in [0.2, 0.25) is 0 Å². The molecule has 0 saturated heterocycles. The second-order valence-corrected chi connectivity index (χ2v) is 4.45. The fourth-order valence-corrected chi connectivity index (χ4v) is 2.00. The van der Waals surface area contributed by atoms with Gasteiger partial charge >= 0.3 is 0 Å². The largest absolute Gasteiger partial charge is 0.375 e. The van der Waals surface area contributed by atoms with Crippen molar-refractivity contribution in [1.82, 2.24) is 10.2 Å². The molecule has 1 heterocycles. The van der Waals surface area contributed by atoms with Gasteiger partial charge in [0.25, 0.3) is 0 Å². The minimum atomic E-state index is -0.193. The third-order valence-electron chi connectivity index (χ3n) is 2.78. The predicted octanol–water partition coefficient (Wildman–Crippen LogP) is 2.80. The Hall–Kier alpha value is -2.16. The molecule has 0 spiro atoms. The molecular weight excluding hydrogens is 276 g/mol. The lowest BCUT2D eigenvalue weighted by Crippen LogP contribution is -2.15. The van der Waals surface area contributed by atoms with E-state index in [0.29, 0.717) is 17.4 Å². The van der Waals surface area contributed by atoms with Gasteiger partial charge in [0, 0.05) is 24.2 Å². The lowest BCUT2D eigenvalue weighted by Gasteiger charge is -2.17. The van der Waals surface area contributed by atoms with Crippen molar-refractivity contribution in [2.45, 2.75) is 6.10 Å². The lowest BCUT2D eigenvalue weighted by atomic mass is 10.1. The van der Waals surface area contributed by atoms with E-state index >= 15 is 0 Å². The molecule has 2 rings (SSSR count). The number of halogens is 1. The van der Waals surface area contributed by atoms with Crippen LogP contribution in [0, 0.1) is 11.3 Å². The minimum absolute atomic E-state index is 0.193. The van der Waals surface area contributed by atoms with Crippen LogP contribution in [0.15, 0.2) is 36.4 Å². The number of nitrogens with zero attached hydrogens (tertiary/aromatic N) is 3. The number of hydrogen-bond acceptors (Lipinski definition) is 5. The molecular formula is C14H13ClN4O. The van der Waals surface area contributed by atoms with Gasteiger partial charge in [0.1, 0.15) is 18.0 Å². The van der Waals surface area contributed by atoms with Crippen LogP contribution in [0.25, 0.3) is 0 Å². The summed E-state index contributed by atoms with van der Waals surface area (Å²) in [6.07, 6.45) is -0.193. The summed E-state index contributed by atoms with van der Waals surface area (Å²) in [5.74, 6) is 0.582. The Morgan fingerprint density at radius 2 is 2.10 bits per heavy atom. The quantitative estimate of drug-likeness (QED) is 0.916. The Kier molecular flexibility index (Phi) is 4.88. The lowest BCUT2D eigenvalue weighted by molar-refractivity contribution is 0.114. The monoisotopic (exact) mass is 288 g/mol. The van der Waals surface area contributed by atoms with E-state index < -0.39 is 0 Å². The molecule has 0 aliphatic carbocycles. The number of hydrogen-bond donors (Lipinski definition) is 1. The highest BCUT2D eigenvalue weighted by Crippen LogP contribution is 2.25. The van der Waals surface area contributed by atoms with Crippen LogP contribution >= 0.6 is 11.6 Å². The molecule has 0 radical (unpaired) electrons. The molecule has 0 bridgehead atoms. The van der Waals surface area contributed by atoms with Gasteiger partial charge in [-0.3, -0.25) is 0 Å². The Balaban J connectivity index is 2.04. The van der Waals surface area contributed by atoms with Crippen LogP contribution in [0.1, 0.15) is 17.4 Å². The van der Waals surface area contributed by atoms with Gasteiger partial charge in [-0.05, 0) is 18.2 Å². The molecule has 2 aromatic rings. The van der Waals surface area contributed by atoms with Gasteiger partial charge in [-0.1, -0.05) is 29.8 Å². The van der Waals surface area contributed by atoms with E-state index in [4.69, 9.17) is 21.6 Å². The van der Waals surface area contributed by atoms with E-state index in [-0.39, 0.29) is 11.8 Å². The van der Waals surface area contributed by atoms with Crippen LogP contribution in [-0.2, 0) is 4.74 Å². The molecule has 102 valence electrons. The van der Waals surface area contributed by atoms with Crippen molar-refractivity contribution < 1.29 is 4.74 Å². The smallest absolute Gasteiger partial charge is 0.163 e. The Morgan fingerprint density at radius 1 is 1.30 bits per heavy atom. The number of methoxy groups -OCH3 is 1. The summed E-state index contributed by atoms with van der Waals surface area (Å²) in [5.41, 5.74) is 1.19. The van der Waals surface area contributed by atoms with Crippen molar-refractivity contribution in [2.24, 2.45) is 0 Å². The number of nitrogens with one attached hydrogen (secondary N) is 1. The Labute approximate surface area is 122 Å². The van der Waals surface area contributed by atoms with E-state index in [1.54, 1.807) is 19.2 Å². The first kappa shape index (κ1) is 14.3. The molecule has 1 N–H and O–H groups in total. The number of aromatic nitrogens is 2. The van der Waals surface area contributed by atoms with E-state index in [0.717, 1.165) is 5.56 Å². The standard InChI is InChI=1S/C14H13ClN4O/c1-20-13(11-4-2-3-5-12(11)15)9-17-14-7-6-10(8-16)18-19-14/h2-7,13H,9H2,1H3,(H,17,19). The molecule has 0 aliphatic heterocycles. The predicted molar refractivity (Wildman–Crippen MR) is 76.4 cm³/mol. The zero-order valence-electron chi connectivity index (χ0n) is 10.9. The zero-order chi connectivity index (χ0) is 14.4. The summed E-state index contributed by atoms with van der Waals surface area (Å²) >= 11 is 6.15. The van der Waals surface area contributed by atoms with Crippen LogP contribution in [-0.4, -0.2) is 23.9 Å². The first-order valence-electron chi connectivity index (χ1n) is 5.99. The van der Waals surface area contributed by atoms with E-state index in [1.807, 2.05) is 30.3 Å². The van der Waals surface area contributed by atoms with Crippen LogP contribution in [0.5, 0.6) is 0 Å². The van der Waals surface area contributed by atoms with Gasteiger partial charge in [-0.25, -0.2) is 0 Å². The molecule has 1 aromatic heterocycles. The second kappa shape index (κ2) is 6.85. The van der Waals surface area contributed by atoms with Crippen molar-refractivity contribution in [3.63, 3.8) is 0 Å². The minimum Gasteiger partial charge on any atom is -0.375 e. The van der Waals surface area contributed by atoms with Crippen LogP contribution < -0.4 is 5.32 Å². The van der Waals surface area contributed by atoms with E-state index in [1.165, 1.54) is 0 Å². The highest BCUT2D eigenvalue weighted by Gasteiger charge is 2.13. The van der Waals surface area contributed by atoms with Gasteiger partial charge in [0.05, 0.1) is 0 Å². The van der Waals surface area contributed by atoms with Crippen molar-refractivity contribution in [3.8, 4) is 6.07 Å². The number of ether oxygens (including phenoxy) is 1. The molecule has 6 heteroatoms. The van der Waals surface area contributed by atoms with Gasteiger partial charge < -0.3 is 10.1 Å². The van der Waals surface area contributed by atoms with Crippen LogP contribution in [0.4, 0.5) is 5.82 Å². The average molecular weight is 289 g/mol. The third-order valence-corrected chi connectivity index (χ3v) is 3.13. The second-order valence-electron chi connectivity index (χ2n) is 4.04. The van der Waals surface area contributed by atoms with Gasteiger partial charge in [-0.2, -0.15) is 5.26 Å². The fourth-order valence-electron chi connectivity index (χ4n) is 1.74. The fraction of sp³-hybridized carbons (Fsp3) is 0.214. The molecule has 1 aromatic carbocycles. The average Bonchev–Trinajstić information content (AvgIpc) is 2.50. The van der Waals surface area contributed by atoms with Gasteiger partial charge in [-0.15, -0.1) is 10.2 Å². The number of rotatable bonds is 5. The highest BCUT2D eigenvalue weighted by molar-refractivity contribution is 6.31. The highest BCUT2D eigenvalue weighted by atomic mass is 35.5. The van der Waals surface area contributed by atoms with Crippen LogP contribution in [0.3, 0.4) is 0 Å². The van der Waals surface area contributed by atoms with E-state index in [2.05, 4.69) is 15.5 Å². The maximum Gasteiger partial charge on any atom is 0.163 e. The first-order chi connectivity index (χ1) is 9.74. The summed E-state index contributed by atoms with van der Waals surface area (Å²) in [6, 6.07) is 12.8. The molecule has 5 nitrogen and oxygen atoms in total. The maximum absolute atomic E-state index is 8.66. The SMILES string of the molecule is COC(CNc1ccc(C#N)nn1)c1ccccc1Cl. The summed E-state index contributed by atoms with van der Waals surface area (Å²) in [7, 11) is 1.63. The number of benzene rings is 1. The maximum atomic E-state index is 8.66. The topological polar surface area (TPSA) is 70.8 Å². The van der Waals surface area contributed by atoms with Crippen molar-refractivity contribution in [1.29, 1.82) is 5.26 Å². The van der Waals surface area contributed by atoms with Gasteiger partial charge in [0.15, 0.2) is 5.69 Å². The molecule has 20 heavy (non-hydrogen) atoms. The van der Waals surface area contributed by atoms with E-state index in [9.17, 15) is 0 Å². The summed E-state index contributed by atoms with van der Waals surface area (Å²) < 4.78 is 5.44. The number of nitriles is 1. The first-order valence-corrected chi connectivity index (χ1v) is 6.37. The molecule has 0 fully saturated rings. The Bertz CT molecular complexity index is 609. The summed E-state index contributed by atoms with van der Waals surface area (Å²) in [4.78, 5) is 0. The molecule has 1 unspecified atom stereocenters. The van der Waals surface area contributed by atoms with Crippen molar-refractivity contribution in [2.75, 3.05) is 19.0 Å². The summed E-state index contributed by atoms with van der Waals surface area (Å²) in [5, 5.41) is 20.1. The van der Waals surface area contributed by atoms with Crippen molar-refractivity contribution in [3.05, 3.63) is 52.7 Å². The molecule has 0 amide bonds.